The van der Waals surface area contributed by atoms with Gasteiger partial charge in [-0.15, -0.1) is 0 Å². The van der Waals surface area contributed by atoms with Gasteiger partial charge in [0.05, 0.1) is 24.8 Å². The second-order valence-corrected chi connectivity index (χ2v) is 5.41. The van der Waals surface area contributed by atoms with E-state index in [1.807, 2.05) is 13.8 Å². The molecule has 0 atom stereocenters. The number of rotatable bonds is 6. The van der Waals surface area contributed by atoms with Crippen molar-refractivity contribution in [1.29, 1.82) is 0 Å². The van der Waals surface area contributed by atoms with Gasteiger partial charge in [0.1, 0.15) is 5.75 Å². The third-order valence-corrected chi connectivity index (χ3v) is 3.23. The first kappa shape index (κ1) is 16.5. The molecule has 7 nitrogen and oxygen atoms in total. The number of pyridine rings is 1. The van der Waals surface area contributed by atoms with Gasteiger partial charge in [0.15, 0.2) is 11.4 Å². The van der Waals surface area contributed by atoms with Gasteiger partial charge in [-0.25, -0.2) is 0 Å². The molecule has 0 aliphatic heterocycles. The molecule has 2 N–H and O–H groups in total. The van der Waals surface area contributed by atoms with Crippen molar-refractivity contribution < 1.29 is 14.4 Å². The molecule has 7 heteroatoms. The van der Waals surface area contributed by atoms with Gasteiger partial charge in [0, 0.05) is 23.4 Å². The molecule has 2 rings (SSSR count). The molecule has 0 radical (unpaired) electrons. The minimum atomic E-state index is -0.523. The second-order valence-electron chi connectivity index (χ2n) is 5.41. The Balaban J connectivity index is 2.62. The highest BCUT2D eigenvalue weighted by Gasteiger charge is 2.22. The van der Waals surface area contributed by atoms with Gasteiger partial charge in [0.2, 0.25) is 0 Å². The molecule has 2 aromatic rings. The lowest BCUT2D eigenvalue weighted by atomic mass is 10.0. The van der Waals surface area contributed by atoms with Crippen LogP contribution < -0.4 is 15.2 Å². The van der Waals surface area contributed by atoms with Crippen LogP contribution in [0.3, 0.4) is 0 Å². The number of nitrogen functional groups attached to an aromatic ring is 1. The fourth-order valence-electron chi connectivity index (χ4n) is 2.13. The largest absolute Gasteiger partial charge is 0.494 e. The molecular weight excluding hydrogens is 298 g/mol. The number of aromatic nitrogens is 1. The lowest BCUT2D eigenvalue weighted by Gasteiger charge is -2.17. The van der Waals surface area contributed by atoms with Crippen LogP contribution in [-0.4, -0.2) is 23.6 Å². The van der Waals surface area contributed by atoms with E-state index in [1.165, 1.54) is 13.2 Å². The number of nitrogens with two attached hydrogens (primary N) is 1. The Hall–Kier alpha value is -2.83. The summed E-state index contributed by atoms with van der Waals surface area (Å²) in [5.74, 6) is 1.08. The predicted molar refractivity (Wildman–Crippen MR) is 87.6 cm³/mol. The summed E-state index contributed by atoms with van der Waals surface area (Å²) in [6, 6.07) is 4.73. The van der Waals surface area contributed by atoms with Crippen LogP contribution in [0.4, 0.5) is 11.4 Å². The van der Waals surface area contributed by atoms with Crippen molar-refractivity contribution in [3.05, 3.63) is 40.7 Å². The smallest absolute Gasteiger partial charge is 0.295 e. The molecule has 23 heavy (non-hydrogen) atoms. The van der Waals surface area contributed by atoms with Crippen molar-refractivity contribution in [3.63, 3.8) is 0 Å². The van der Waals surface area contributed by atoms with E-state index in [1.54, 1.807) is 24.5 Å². The number of nitrogens with zero attached hydrogens (tertiary/aromatic N) is 2. The molecule has 122 valence electrons. The SMILES string of the molecule is COc1cnccc1-c1ccc([N+](=O)[O-])c(N)c1OCC(C)C. The molecule has 0 unspecified atom stereocenters. The number of ether oxygens (including phenoxy) is 2. The van der Waals surface area contributed by atoms with E-state index in [4.69, 9.17) is 15.2 Å². The molecule has 0 fully saturated rings. The van der Waals surface area contributed by atoms with E-state index in [2.05, 4.69) is 4.98 Å². The van der Waals surface area contributed by atoms with Crippen LogP contribution in [0.5, 0.6) is 11.5 Å². The lowest BCUT2D eigenvalue weighted by Crippen LogP contribution is -2.08. The van der Waals surface area contributed by atoms with Crippen LogP contribution in [0.1, 0.15) is 13.8 Å². The van der Waals surface area contributed by atoms with Gasteiger partial charge in [-0.2, -0.15) is 0 Å². The minimum Gasteiger partial charge on any atom is -0.494 e. The van der Waals surface area contributed by atoms with Gasteiger partial charge in [-0.05, 0) is 18.1 Å². The molecule has 1 heterocycles. The Kier molecular flexibility index (Phi) is 5.00. The van der Waals surface area contributed by atoms with Crippen molar-refractivity contribution in [2.75, 3.05) is 19.5 Å². The fraction of sp³-hybridized carbons (Fsp3) is 0.312. The molecule has 0 saturated carbocycles. The zero-order valence-corrected chi connectivity index (χ0v) is 13.3. The minimum absolute atomic E-state index is 0.00650. The molecule has 0 aliphatic carbocycles. The highest BCUT2D eigenvalue weighted by Crippen LogP contribution is 2.43. The van der Waals surface area contributed by atoms with Crippen LogP contribution in [0.25, 0.3) is 11.1 Å². The van der Waals surface area contributed by atoms with E-state index >= 15 is 0 Å². The highest BCUT2D eigenvalue weighted by molar-refractivity contribution is 5.84. The van der Waals surface area contributed by atoms with Gasteiger partial charge in [0.25, 0.3) is 5.69 Å². The fourth-order valence-corrected chi connectivity index (χ4v) is 2.13. The first-order chi connectivity index (χ1) is 11.0. The Morgan fingerprint density at radius 2 is 2.04 bits per heavy atom. The van der Waals surface area contributed by atoms with Crippen molar-refractivity contribution in [2.45, 2.75) is 13.8 Å². The molecular formula is C16H19N3O4. The highest BCUT2D eigenvalue weighted by atomic mass is 16.6. The number of hydrogen-bond donors (Lipinski definition) is 1. The van der Waals surface area contributed by atoms with E-state index in [9.17, 15) is 10.1 Å². The third-order valence-electron chi connectivity index (χ3n) is 3.23. The van der Waals surface area contributed by atoms with Crippen molar-refractivity contribution in [1.82, 2.24) is 4.98 Å². The van der Waals surface area contributed by atoms with Gasteiger partial charge < -0.3 is 15.2 Å². The lowest BCUT2D eigenvalue weighted by molar-refractivity contribution is -0.383. The normalized spacial score (nSPS) is 10.6. The number of benzene rings is 1. The summed E-state index contributed by atoms with van der Waals surface area (Å²) in [7, 11) is 1.53. The molecule has 0 amide bonds. The van der Waals surface area contributed by atoms with Gasteiger partial charge in [-0.3, -0.25) is 15.1 Å². The molecule has 1 aromatic carbocycles. The summed E-state index contributed by atoms with van der Waals surface area (Å²) >= 11 is 0. The van der Waals surface area contributed by atoms with Crippen molar-refractivity contribution >= 4 is 11.4 Å². The summed E-state index contributed by atoms with van der Waals surface area (Å²) in [4.78, 5) is 14.6. The number of methoxy groups -OCH3 is 1. The molecule has 0 aliphatic rings. The van der Waals surface area contributed by atoms with Gasteiger partial charge in [-0.1, -0.05) is 13.8 Å². The summed E-state index contributed by atoms with van der Waals surface area (Å²) in [5, 5.41) is 11.1. The zero-order chi connectivity index (χ0) is 17.0. The van der Waals surface area contributed by atoms with E-state index in [0.29, 0.717) is 23.5 Å². The summed E-state index contributed by atoms with van der Waals surface area (Å²) in [6.07, 6.45) is 3.18. The Bertz CT molecular complexity index is 716. The van der Waals surface area contributed by atoms with E-state index in [0.717, 1.165) is 0 Å². The predicted octanol–water partition coefficient (Wildman–Crippen LogP) is 3.28. The Labute approximate surface area is 134 Å². The average molecular weight is 317 g/mol. The monoisotopic (exact) mass is 317 g/mol. The van der Waals surface area contributed by atoms with Crippen molar-refractivity contribution in [2.24, 2.45) is 5.92 Å². The maximum Gasteiger partial charge on any atom is 0.295 e. The molecule has 0 spiro atoms. The number of nitro benzene ring substituents is 1. The van der Waals surface area contributed by atoms with Crippen molar-refractivity contribution in [3.8, 4) is 22.6 Å². The Morgan fingerprint density at radius 1 is 1.30 bits per heavy atom. The maximum atomic E-state index is 11.1. The Morgan fingerprint density at radius 3 is 2.65 bits per heavy atom. The maximum absolute atomic E-state index is 11.1. The topological polar surface area (TPSA) is 101 Å². The molecule has 0 saturated heterocycles. The number of nitro groups is 1. The zero-order valence-electron chi connectivity index (χ0n) is 13.3. The van der Waals surface area contributed by atoms with E-state index < -0.39 is 4.92 Å². The molecule has 0 bridgehead atoms. The average Bonchev–Trinajstić information content (AvgIpc) is 2.52. The number of anilines is 1. The first-order valence-electron chi connectivity index (χ1n) is 7.13. The van der Waals surface area contributed by atoms with E-state index in [-0.39, 0.29) is 23.0 Å². The summed E-state index contributed by atoms with van der Waals surface area (Å²) in [5.41, 5.74) is 7.15. The van der Waals surface area contributed by atoms with Crippen LogP contribution in [0.2, 0.25) is 0 Å². The van der Waals surface area contributed by atoms with Crippen LogP contribution in [0, 0.1) is 16.0 Å². The quantitative estimate of drug-likeness (QED) is 0.498. The van der Waals surface area contributed by atoms with Gasteiger partial charge >= 0.3 is 0 Å². The summed E-state index contributed by atoms with van der Waals surface area (Å²) in [6.45, 7) is 4.37. The van der Waals surface area contributed by atoms with Crippen LogP contribution >= 0.6 is 0 Å². The summed E-state index contributed by atoms with van der Waals surface area (Å²) < 4.78 is 11.1. The third kappa shape index (κ3) is 3.50. The second kappa shape index (κ2) is 6.95. The van der Waals surface area contributed by atoms with Crippen LogP contribution in [-0.2, 0) is 0 Å². The molecule has 1 aromatic heterocycles. The van der Waals surface area contributed by atoms with Crippen LogP contribution in [0.15, 0.2) is 30.6 Å². The standard InChI is InChI=1S/C16H19N3O4/c1-10(2)9-23-16-12(4-5-13(15(16)17)19(20)21)11-6-7-18-8-14(11)22-3/h4-8,10H,9,17H2,1-3H3. The number of hydrogen-bond acceptors (Lipinski definition) is 6. The first-order valence-corrected chi connectivity index (χ1v) is 7.13.